The number of rotatable bonds is 11. The third-order valence-electron chi connectivity index (χ3n) is 16.7. The number of aliphatic hydroxyl groups is 20. The second-order valence-electron chi connectivity index (χ2n) is 24.3. The van der Waals surface area contributed by atoms with Crippen LogP contribution in [0, 0.1) is 0 Å². The summed E-state index contributed by atoms with van der Waals surface area (Å²) < 4.78 is 82.6. The van der Waals surface area contributed by atoms with Crippen molar-refractivity contribution in [3.63, 3.8) is 0 Å². The van der Waals surface area contributed by atoms with Gasteiger partial charge in [0, 0.05) is 0 Å². The molecule has 35 atom stereocenters. The van der Waals surface area contributed by atoms with Crippen LogP contribution < -0.4 is 0 Å². The molecule has 85 heavy (non-hydrogen) atoms. The lowest BCUT2D eigenvalue weighted by molar-refractivity contribution is -0.939. The number of hydrogen-bond donors (Lipinski definition) is 20. The summed E-state index contributed by atoms with van der Waals surface area (Å²) in [5, 5.41) is 224. The summed E-state index contributed by atoms with van der Waals surface area (Å²) in [6, 6.07) is 0. The summed E-state index contributed by atoms with van der Waals surface area (Å²) in [4.78, 5) is 0. The average molecular weight is 1250 g/mol. The monoisotopic (exact) mass is 1250 g/mol. The Morgan fingerprint density at radius 3 is 0.553 bits per heavy atom. The minimum absolute atomic E-state index is 0.0745. The van der Waals surface area contributed by atoms with Gasteiger partial charge >= 0.3 is 0 Å². The molecule has 496 valence electrons. The highest BCUT2D eigenvalue weighted by Gasteiger charge is 2.60. The molecule has 0 unspecified atom stereocenters. The van der Waals surface area contributed by atoms with Crippen LogP contribution in [0.3, 0.4) is 0 Å². The van der Waals surface area contributed by atoms with Crippen molar-refractivity contribution < 1.29 is 177 Å². The first kappa shape index (κ1) is 69.4. The van der Waals surface area contributed by atoms with Crippen LogP contribution in [0.1, 0.15) is 0 Å². The highest BCUT2D eigenvalue weighted by atomic mass is 16.8. The Kier molecular flexibility index (Phi) is 23.4. The Morgan fingerprint density at radius 2 is 0.388 bits per heavy atom. The fourth-order valence-corrected chi connectivity index (χ4v) is 11.6. The van der Waals surface area contributed by atoms with Crippen molar-refractivity contribution in [2.45, 2.75) is 215 Å². The second-order valence-corrected chi connectivity index (χ2v) is 24.3. The second kappa shape index (κ2) is 28.6. The van der Waals surface area contributed by atoms with Gasteiger partial charge < -0.3 is 177 Å². The van der Waals surface area contributed by atoms with Crippen LogP contribution in [0.15, 0.2) is 0 Å². The zero-order valence-corrected chi connectivity index (χ0v) is 47.1. The molecule has 0 spiro atoms. The van der Waals surface area contributed by atoms with Crippen LogP contribution in [-0.2, 0) is 66.3 Å². The van der Waals surface area contributed by atoms with E-state index in [0.29, 0.717) is 17.6 Å². The summed E-state index contributed by atoms with van der Waals surface area (Å²) in [5.74, 6) is 0. The van der Waals surface area contributed by atoms with E-state index in [1.54, 1.807) is 14.1 Å². The summed E-state index contributed by atoms with van der Waals surface area (Å²) in [5.41, 5.74) is 0. The Morgan fingerprint density at radius 1 is 0.224 bits per heavy atom. The Bertz CT molecular complexity index is 2060. The maximum atomic E-state index is 11.9. The zero-order chi connectivity index (χ0) is 62.5. The first-order valence-electron chi connectivity index (χ1n) is 28.0. The fourth-order valence-electron chi connectivity index (χ4n) is 11.6. The molecule has 21 rings (SSSR count). The molecule has 21 aliphatic heterocycles. The van der Waals surface area contributed by atoms with E-state index < -0.39 is 255 Å². The number of aliphatic hydroxyl groups excluding tert-OH is 20. The third-order valence-corrected chi connectivity index (χ3v) is 16.7. The Balaban J connectivity index is 1.11. The zero-order valence-electron chi connectivity index (χ0n) is 47.1. The van der Waals surface area contributed by atoms with Gasteiger partial charge in [-0.1, -0.05) is 0 Å². The lowest BCUT2D eigenvalue weighted by Crippen LogP contribution is -2.69. The van der Waals surface area contributed by atoms with Crippen LogP contribution in [0.2, 0.25) is 0 Å². The summed E-state index contributed by atoms with van der Waals surface area (Å²) in [6.45, 7) is -5.21. The number of likely N-dealkylation sites (N-methyl/N-ethyl adjacent to an activating group) is 2. The molecule has 21 fully saturated rings. The molecule has 21 saturated heterocycles. The molecule has 21 aliphatic rings. The molecular weight excluding hydrogens is 1160 g/mol. The molecule has 20 N–H and O–H groups in total. The number of quaternary nitrogens is 2. The largest absolute Gasteiger partial charge is 0.394 e. The maximum absolute atomic E-state index is 11.9. The van der Waals surface area contributed by atoms with E-state index in [9.17, 15) is 102 Å². The van der Waals surface area contributed by atoms with Gasteiger partial charge in [-0.15, -0.1) is 0 Å². The molecule has 36 heteroatoms. The number of ether oxygens (including phenoxy) is 14. The van der Waals surface area contributed by atoms with Gasteiger partial charge in [0.05, 0.1) is 74.9 Å². The van der Waals surface area contributed by atoms with E-state index in [1.807, 2.05) is 21.1 Å². The lowest BCUT2D eigenvalue weighted by atomic mass is 9.94. The molecule has 0 radical (unpaired) electrons. The van der Waals surface area contributed by atoms with Gasteiger partial charge in [-0.25, -0.2) is 0 Å². The minimum atomic E-state index is -2.20. The molecular formula is C49H88N2O34+2. The molecule has 0 saturated carbocycles. The van der Waals surface area contributed by atoms with Gasteiger partial charge in [-0.3, -0.25) is 0 Å². The van der Waals surface area contributed by atoms with Crippen molar-refractivity contribution in [3.05, 3.63) is 0 Å². The maximum Gasteiger partial charge on any atom is 0.187 e. The van der Waals surface area contributed by atoms with Crippen LogP contribution in [0.4, 0.5) is 0 Å². The lowest BCUT2D eigenvalue weighted by Gasteiger charge is -2.50. The van der Waals surface area contributed by atoms with E-state index in [0.717, 1.165) is 0 Å². The van der Waals surface area contributed by atoms with E-state index in [2.05, 4.69) is 0 Å². The summed E-state index contributed by atoms with van der Waals surface area (Å²) >= 11 is 0. The summed E-state index contributed by atoms with van der Waals surface area (Å²) in [6.07, 6.45) is -68.9. The molecule has 14 bridgehead atoms. The van der Waals surface area contributed by atoms with Crippen molar-refractivity contribution in [2.75, 3.05) is 94.5 Å². The molecule has 0 aromatic carbocycles. The van der Waals surface area contributed by atoms with E-state index in [-0.39, 0.29) is 11.0 Å². The molecule has 0 aromatic rings. The molecule has 0 amide bonds. The van der Waals surface area contributed by atoms with Crippen LogP contribution >= 0.6 is 0 Å². The molecule has 21 heterocycles. The average Bonchev–Trinajstić information content (AvgIpc) is 1.95. The van der Waals surface area contributed by atoms with Crippen LogP contribution in [-0.4, -0.2) is 421 Å². The van der Waals surface area contributed by atoms with Gasteiger partial charge in [0.2, 0.25) is 0 Å². The minimum Gasteiger partial charge on any atom is -0.394 e. The quantitative estimate of drug-likeness (QED) is 0.0854. The molecule has 0 aromatic heterocycles. The smallest absolute Gasteiger partial charge is 0.187 e. The number of nitrogens with zero attached hydrogens (tertiary/aromatic N) is 2. The topological polar surface area (TPSA) is 534 Å². The first-order valence-corrected chi connectivity index (χ1v) is 28.0. The highest BCUT2D eigenvalue weighted by molar-refractivity contribution is 5.02. The van der Waals surface area contributed by atoms with Crippen LogP contribution in [0.5, 0.6) is 0 Å². The van der Waals surface area contributed by atoms with Gasteiger partial charge in [0.25, 0.3) is 0 Å². The van der Waals surface area contributed by atoms with Crippen molar-refractivity contribution in [1.82, 2.24) is 0 Å². The SMILES string of the molecule is C[N+](C)(C)CC[N+](C)(C)C[C@H]1O[C@@H]2O[C@H]3[C@H](O)[C@@H](O)[C@@H](O[C@H]4[C@H](O)[C@@H](O)[C@@H](O[C@H]5[C@H](O)[C@@H](O)[C@@H](O[C@H]6[C@H](O)[C@@H](O)[C@@H](O[C@H]7[C@H](O)[C@@H](O)[C@@H](O[C@H]8[C@H](O)[C@@H](O)[C@@H](O[C@H]1[C@H](O)[C@H]2O)O[C@@H]8CO)O[C@@H]7CO)O[C@@H]6CO)O[C@@H]5CO)O[C@@H]4CO)O[C@@H]3CO. The third kappa shape index (κ3) is 14.8. The van der Waals surface area contributed by atoms with Crippen LogP contribution in [0.25, 0.3) is 0 Å². The van der Waals surface area contributed by atoms with Gasteiger partial charge in [0.1, 0.15) is 191 Å². The van der Waals surface area contributed by atoms with Gasteiger partial charge in [-0.05, 0) is 0 Å². The highest BCUT2D eigenvalue weighted by Crippen LogP contribution is 2.39. The number of hydrogen-bond acceptors (Lipinski definition) is 34. The van der Waals surface area contributed by atoms with Gasteiger partial charge in [-0.2, -0.15) is 0 Å². The fraction of sp³-hybridized carbons (Fsp3) is 1.00. The van der Waals surface area contributed by atoms with E-state index in [1.165, 1.54) is 0 Å². The Hall–Kier alpha value is -1.44. The Labute approximate surface area is 486 Å². The van der Waals surface area contributed by atoms with Crippen molar-refractivity contribution >= 4 is 0 Å². The summed E-state index contributed by atoms with van der Waals surface area (Å²) in [7, 11) is 9.42. The molecule has 36 nitrogen and oxygen atoms in total. The van der Waals surface area contributed by atoms with Crippen molar-refractivity contribution in [2.24, 2.45) is 0 Å². The first-order chi connectivity index (χ1) is 40.0. The van der Waals surface area contributed by atoms with E-state index in [4.69, 9.17) is 66.3 Å². The predicted molar refractivity (Wildman–Crippen MR) is 266 cm³/mol. The van der Waals surface area contributed by atoms with Gasteiger partial charge in [0.15, 0.2) is 44.0 Å². The predicted octanol–water partition coefficient (Wildman–Crippen LogP) is -14.4. The van der Waals surface area contributed by atoms with E-state index >= 15 is 0 Å². The standard InChI is InChI=1S/C49H88N2O34/c1-50(2,3)6-7-51(4,5)8-15-36-22(58)29(65)43(72-15)80-37-16(9-52)74-45(31(67)24(37)60)82-39-18(11-54)76-47(33(69)26(39)62)84-41-20(13-56)78-49(35(71)28(41)64)85-42-21(14-57)77-48(34(70)27(42)63)83-40-19(12-55)75-46(32(68)25(40)61)81-38-17(10-53)73-44(79-36)30(66)23(38)59/h15-49,52-71H,6-14H2,1-5H3/q+2/t15-,16-,17-,18-,19-,20-,21-,22-,23-,24-,25-,26-,27-,28-,29-,30-,31-,32-,33-,34-,35-,36-,37-,38-,39-,40-,41-,42-,43-,44-,45-,46-,47-,48-,49-/m1/s1. The normalized spacial score (nSPS) is 51.7. The molecule has 0 aliphatic carbocycles. The van der Waals surface area contributed by atoms with Crippen molar-refractivity contribution in [1.29, 1.82) is 0 Å². The van der Waals surface area contributed by atoms with Crippen molar-refractivity contribution in [3.8, 4) is 0 Å².